The largest absolute Gasteiger partial charge is 0.457 e. The Labute approximate surface area is 169 Å². The Balaban J connectivity index is 0.000000451. The quantitative estimate of drug-likeness (QED) is 0.361. The van der Waals surface area contributed by atoms with Crippen LogP contribution >= 0.6 is 0 Å². The van der Waals surface area contributed by atoms with E-state index in [4.69, 9.17) is 9.29 Å². The molecule has 0 radical (unpaired) electrons. The molecular formula is C17H19NaO6S. The maximum Gasteiger partial charge on any atom is 0.127 e. The summed E-state index contributed by atoms with van der Waals surface area (Å²) in [5.41, 5.74) is 0. The van der Waals surface area contributed by atoms with E-state index in [1.54, 1.807) is 0 Å². The Morgan fingerprint density at radius 3 is 1.80 bits per heavy atom. The molecule has 0 saturated carbocycles. The van der Waals surface area contributed by atoms with Gasteiger partial charge in [-0.3, -0.25) is 9.35 Å². The van der Waals surface area contributed by atoms with Crippen LogP contribution < -0.4 is 4.74 Å². The minimum absolute atomic E-state index is 0. The third kappa shape index (κ3) is 12.4. The Morgan fingerprint density at radius 2 is 1.44 bits per heavy atom. The number of carbonyl (C=O) groups excluding carboxylic acids is 1. The molecule has 6 nitrogen and oxygen atoms in total. The zero-order valence-corrected chi connectivity index (χ0v) is 13.7. The molecule has 2 aromatic rings. The number of esters is 1. The summed E-state index contributed by atoms with van der Waals surface area (Å²) in [6, 6.07) is 19.5. The summed E-state index contributed by atoms with van der Waals surface area (Å²) in [6.07, 6.45) is 1.29. The molecule has 1 N–H and O–H groups in total. The second-order valence-corrected chi connectivity index (χ2v) is 5.88. The van der Waals surface area contributed by atoms with Gasteiger partial charge in [-0.1, -0.05) is 49.1 Å². The molecule has 25 heavy (non-hydrogen) atoms. The predicted molar refractivity (Wildman–Crippen MR) is 97.7 cm³/mol. The van der Waals surface area contributed by atoms with Crippen LogP contribution in [0.5, 0.6) is 11.5 Å². The summed E-state index contributed by atoms with van der Waals surface area (Å²) < 4.78 is 38.0. The van der Waals surface area contributed by atoms with Crippen LogP contribution in [-0.4, -0.2) is 60.9 Å². The zero-order valence-electron chi connectivity index (χ0n) is 12.9. The average molecular weight is 374 g/mol. The molecule has 2 aromatic carbocycles. The second-order valence-electron chi connectivity index (χ2n) is 4.43. The van der Waals surface area contributed by atoms with Crippen LogP contribution in [0.4, 0.5) is 0 Å². The van der Waals surface area contributed by atoms with Crippen molar-refractivity contribution in [3.63, 3.8) is 0 Å². The monoisotopic (exact) mass is 374 g/mol. The van der Waals surface area contributed by atoms with Crippen molar-refractivity contribution in [2.75, 3.05) is 12.4 Å². The molecule has 0 unspecified atom stereocenters. The molecule has 0 bridgehead atoms. The maximum absolute atomic E-state index is 10.4. The van der Waals surface area contributed by atoms with E-state index in [1.165, 1.54) is 6.08 Å². The van der Waals surface area contributed by atoms with E-state index in [0.717, 1.165) is 11.5 Å². The summed E-state index contributed by atoms with van der Waals surface area (Å²) >= 11 is 0. The van der Waals surface area contributed by atoms with Crippen LogP contribution in [0.2, 0.25) is 0 Å². The summed E-state index contributed by atoms with van der Waals surface area (Å²) in [5, 5.41) is 0. The van der Waals surface area contributed by atoms with Crippen molar-refractivity contribution in [1.82, 2.24) is 0 Å². The molecule has 0 aliphatic heterocycles. The van der Waals surface area contributed by atoms with E-state index in [9.17, 15) is 13.2 Å². The minimum atomic E-state index is -4.26. The number of para-hydroxylation sites is 2. The van der Waals surface area contributed by atoms with E-state index in [2.05, 4.69) is 11.3 Å². The van der Waals surface area contributed by atoms with Crippen molar-refractivity contribution in [2.45, 2.75) is 0 Å². The van der Waals surface area contributed by atoms with Gasteiger partial charge in [0.25, 0.3) is 10.1 Å². The van der Waals surface area contributed by atoms with Gasteiger partial charge in [0.1, 0.15) is 18.1 Å². The van der Waals surface area contributed by atoms with Gasteiger partial charge < -0.3 is 9.47 Å². The molecule has 0 aliphatic rings. The minimum Gasteiger partial charge on any atom is -0.457 e. The molecule has 0 saturated heterocycles. The summed E-state index contributed by atoms with van der Waals surface area (Å²) in [6.45, 7) is 3.18. The smallest absolute Gasteiger partial charge is 0.127 e. The van der Waals surface area contributed by atoms with E-state index in [1.807, 2.05) is 60.7 Å². The first-order valence-corrected chi connectivity index (χ1v) is 8.51. The van der Waals surface area contributed by atoms with Crippen molar-refractivity contribution < 1.29 is 27.2 Å². The third-order valence-corrected chi connectivity index (χ3v) is 2.99. The Bertz CT molecular complexity index is 695. The zero-order chi connectivity index (χ0) is 17.8. The maximum atomic E-state index is 10.4. The van der Waals surface area contributed by atoms with Crippen molar-refractivity contribution in [3.8, 4) is 11.5 Å². The molecular weight excluding hydrogens is 355 g/mol. The molecule has 0 heterocycles. The molecule has 0 aliphatic carbocycles. The summed E-state index contributed by atoms with van der Waals surface area (Å²) in [4.78, 5) is 10.4. The molecule has 2 rings (SSSR count). The van der Waals surface area contributed by atoms with Crippen molar-refractivity contribution in [1.29, 1.82) is 0 Å². The van der Waals surface area contributed by atoms with E-state index in [0.29, 0.717) is 0 Å². The van der Waals surface area contributed by atoms with Crippen LogP contribution in [-0.2, 0) is 19.6 Å². The van der Waals surface area contributed by atoms with Gasteiger partial charge in [0.15, 0.2) is 5.75 Å². The third-order valence-electron chi connectivity index (χ3n) is 2.38. The number of hydrogen-bond donors (Lipinski definition) is 1. The molecule has 0 fully saturated rings. The molecule has 0 aromatic heterocycles. The normalized spacial score (nSPS) is 9.64. The first-order valence-electron chi connectivity index (χ1n) is 6.90. The standard InChI is InChI=1S/C12H10O.C5H8O5S.Na.H/c1-3-7-11(8-4-1)13-12-9-5-2-6-10-12;1-2-3-10-5(6)4-11(7,8)9;;/h1-10H;2H,1,3-4H2,(H,7,8,9);;. The SMILES string of the molecule is C=CCOC(=O)CS(=O)(=O)O.[NaH].c1ccc(Oc2ccccc2)cc1. The Hall–Kier alpha value is -1.64. The van der Waals surface area contributed by atoms with Gasteiger partial charge >= 0.3 is 35.5 Å². The van der Waals surface area contributed by atoms with Gasteiger partial charge in [-0.25, -0.2) is 0 Å². The Kier molecular flexibility index (Phi) is 11.9. The fourth-order valence-corrected chi connectivity index (χ4v) is 1.84. The topological polar surface area (TPSA) is 89.9 Å². The van der Waals surface area contributed by atoms with Crippen LogP contribution in [0.3, 0.4) is 0 Å². The number of carbonyl (C=O) groups is 1. The first-order chi connectivity index (χ1) is 11.4. The molecule has 130 valence electrons. The second kappa shape index (κ2) is 12.7. The van der Waals surface area contributed by atoms with E-state index in [-0.39, 0.29) is 36.2 Å². The van der Waals surface area contributed by atoms with Crippen LogP contribution in [0.15, 0.2) is 73.3 Å². The van der Waals surface area contributed by atoms with Gasteiger partial charge in [0.05, 0.1) is 0 Å². The van der Waals surface area contributed by atoms with E-state index < -0.39 is 21.8 Å². The fourth-order valence-electron chi connectivity index (χ4n) is 1.46. The molecule has 0 atom stereocenters. The van der Waals surface area contributed by atoms with Gasteiger partial charge in [0.2, 0.25) is 0 Å². The van der Waals surface area contributed by atoms with Gasteiger partial charge in [0, 0.05) is 0 Å². The fraction of sp³-hybridized carbons (Fsp3) is 0.118. The van der Waals surface area contributed by atoms with Gasteiger partial charge in [-0.2, -0.15) is 8.42 Å². The number of hydrogen-bond acceptors (Lipinski definition) is 5. The van der Waals surface area contributed by atoms with Crippen molar-refractivity contribution in [2.24, 2.45) is 0 Å². The van der Waals surface area contributed by atoms with Crippen LogP contribution in [0.25, 0.3) is 0 Å². The van der Waals surface area contributed by atoms with Crippen molar-refractivity contribution >= 4 is 45.6 Å². The number of ether oxygens (including phenoxy) is 2. The Morgan fingerprint density at radius 1 is 1.00 bits per heavy atom. The molecule has 8 heteroatoms. The van der Waals surface area contributed by atoms with Gasteiger partial charge in [-0.05, 0) is 24.3 Å². The summed E-state index contributed by atoms with van der Waals surface area (Å²) in [5.74, 6) is -0.268. The number of rotatable bonds is 6. The first kappa shape index (κ1) is 23.4. The van der Waals surface area contributed by atoms with Crippen molar-refractivity contribution in [3.05, 3.63) is 73.3 Å². The predicted octanol–water partition coefficient (Wildman–Crippen LogP) is 2.43. The summed E-state index contributed by atoms with van der Waals surface area (Å²) in [7, 11) is -4.26. The van der Waals surface area contributed by atoms with Crippen LogP contribution in [0, 0.1) is 0 Å². The van der Waals surface area contributed by atoms with Crippen LogP contribution in [0.1, 0.15) is 0 Å². The number of benzene rings is 2. The van der Waals surface area contributed by atoms with Gasteiger partial charge in [-0.15, -0.1) is 0 Å². The molecule has 0 spiro atoms. The van der Waals surface area contributed by atoms with E-state index >= 15 is 0 Å². The average Bonchev–Trinajstić information content (AvgIpc) is 2.54. The molecule has 0 amide bonds.